The first-order valence-electron chi connectivity index (χ1n) is 7.21. The third-order valence-electron chi connectivity index (χ3n) is 3.08. The van der Waals surface area contributed by atoms with Crippen molar-refractivity contribution in [3.05, 3.63) is 23.8 Å². The highest BCUT2D eigenvalue weighted by atomic mass is 16.5. The van der Waals surface area contributed by atoms with Crippen LogP contribution >= 0.6 is 0 Å². The number of rotatable bonds is 5. The van der Waals surface area contributed by atoms with Gasteiger partial charge in [0.2, 0.25) is 5.91 Å². The monoisotopic (exact) mass is 322 g/mol. The third kappa shape index (κ3) is 5.50. The normalized spacial score (nSPS) is 11.1. The van der Waals surface area contributed by atoms with Gasteiger partial charge in [-0.15, -0.1) is 0 Å². The Morgan fingerprint density at radius 3 is 2.48 bits per heavy atom. The average Bonchev–Trinajstić information content (AvgIpc) is 2.51. The van der Waals surface area contributed by atoms with Crippen LogP contribution in [0.25, 0.3) is 0 Å². The Bertz CT molecular complexity index is 589. The minimum absolute atomic E-state index is 0.277. The van der Waals surface area contributed by atoms with Gasteiger partial charge in [-0.05, 0) is 38.5 Å². The van der Waals surface area contributed by atoms with E-state index >= 15 is 0 Å². The molecule has 1 aromatic carbocycles. The van der Waals surface area contributed by atoms with Gasteiger partial charge in [-0.2, -0.15) is 0 Å². The molecule has 0 radical (unpaired) electrons. The summed E-state index contributed by atoms with van der Waals surface area (Å²) in [5.41, 5.74) is 1.99. The Balaban J connectivity index is 2.79. The molecule has 4 N–H and O–H groups in total. The summed E-state index contributed by atoms with van der Waals surface area (Å²) in [6.45, 7) is 5.42. The molecule has 1 unspecified atom stereocenters. The van der Waals surface area contributed by atoms with Crippen LogP contribution in [0.3, 0.4) is 0 Å². The van der Waals surface area contributed by atoms with E-state index in [0.717, 1.165) is 5.56 Å². The molecular weight excluding hydrogens is 300 g/mol. The number of carbonyl (C=O) groups excluding carboxylic acids is 3. The van der Waals surface area contributed by atoms with Crippen LogP contribution in [-0.4, -0.2) is 37.7 Å². The summed E-state index contributed by atoms with van der Waals surface area (Å²) >= 11 is 0. The smallest absolute Gasteiger partial charge is 0.411 e. The lowest BCUT2D eigenvalue weighted by molar-refractivity contribution is -0.120. The number of benzene rings is 1. The number of imide groups is 1. The lowest BCUT2D eigenvalue weighted by Gasteiger charge is -2.18. The zero-order valence-electron chi connectivity index (χ0n) is 13.6. The Morgan fingerprint density at radius 1 is 1.22 bits per heavy atom. The first-order chi connectivity index (χ1) is 10.9. The van der Waals surface area contributed by atoms with Crippen LogP contribution in [-0.2, 0) is 9.53 Å². The average molecular weight is 322 g/mol. The van der Waals surface area contributed by atoms with E-state index in [0.29, 0.717) is 11.4 Å². The fraction of sp³-hybridized carbons (Fsp3) is 0.400. The summed E-state index contributed by atoms with van der Waals surface area (Å²) in [7, 11) is 1.43. The predicted octanol–water partition coefficient (Wildman–Crippen LogP) is 1.82. The van der Waals surface area contributed by atoms with Crippen LogP contribution in [0.4, 0.5) is 21.0 Å². The fourth-order valence-corrected chi connectivity index (χ4v) is 1.79. The first-order valence-corrected chi connectivity index (χ1v) is 7.21. The van der Waals surface area contributed by atoms with Crippen molar-refractivity contribution in [1.29, 1.82) is 0 Å². The molecule has 126 valence electrons. The summed E-state index contributed by atoms with van der Waals surface area (Å²) in [5.74, 6) is -0.465. The van der Waals surface area contributed by atoms with Gasteiger partial charge in [0.05, 0.1) is 6.61 Å². The molecular formula is C15H22N4O4. The molecule has 23 heavy (non-hydrogen) atoms. The maximum Gasteiger partial charge on any atom is 0.411 e. The largest absolute Gasteiger partial charge is 0.450 e. The number of nitrogens with one attached hydrogen (secondary N) is 4. The van der Waals surface area contributed by atoms with Crippen molar-refractivity contribution in [2.75, 3.05) is 24.3 Å². The Labute approximate surface area is 135 Å². The molecule has 0 saturated heterocycles. The van der Waals surface area contributed by atoms with E-state index < -0.39 is 24.1 Å². The zero-order chi connectivity index (χ0) is 17.4. The van der Waals surface area contributed by atoms with Crippen LogP contribution in [0.1, 0.15) is 19.4 Å². The van der Waals surface area contributed by atoms with E-state index in [4.69, 9.17) is 4.74 Å². The van der Waals surface area contributed by atoms with Crippen molar-refractivity contribution in [3.8, 4) is 0 Å². The second-order valence-corrected chi connectivity index (χ2v) is 4.76. The lowest BCUT2D eigenvalue weighted by Crippen LogP contribution is -2.44. The SMILES string of the molecule is CCOC(=O)Nc1cccc(NC(C)C(=O)NC(=O)NC)c1C. The highest BCUT2D eigenvalue weighted by Gasteiger charge is 2.16. The number of urea groups is 1. The number of ether oxygens (including phenoxy) is 1. The molecule has 0 bridgehead atoms. The number of hydrogen-bond donors (Lipinski definition) is 4. The minimum Gasteiger partial charge on any atom is -0.450 e. The molecule has 0 saturated carbocycles. The standard InChI is InChI=1S/C15H22N4O4/c1-5-23-15(22)18-12-8-6-7-11(9(12)2)17-10(3)13(20)19-14(21)16-4/h6-8,10,17H,5H2,1-4H3,(H,18,22)(H2,16,19,20,21). The summed E-state index contributed by atoms with van der Waals surface area (Å²) in [6, 6.07) is 4.03. The highest BCUT2D eigenvalue weighted by Crippen LogP contribution is 2.24. The lowest BCUT2D eigenvalue weighted by atomic mass is 10.1. The molecule has 0 heterocycles. The van der Waals surface area contributed by atoms with Gasteiger partial charge < -0.3 is 15.4 Å². The van der Waals surface area contributed by atoms with E-state index in [1.807, 2.05) is 0 Å². The van der Waals surface area contributed by atoms with Crippen molar-refractivity contribution in [3.63, 3.8) is 0 Å². The Kier molecular flexibility index (Phi) is 6.85. The molecule has 0 aliphatic carbocycles. The van der Waals surface area contributed by atoms with E-state index in [9.17, 15) is 14.4 Å². The molecule has 1 aromatic rings. The van der Waals surface area contributed by atoms with Gasteiger partial charge in [-0.1, -0.05) is 6.07 Å². The fourth-order valence-electron chi connectivity index (χ4n) is 1.79. The summed E-state index contributed by atoms with van der Waals surface area (Å²) < 4.78 is 4.84. The molecule has 0 aliphatic rings. The number of amides is 4. The van der Waals surface area contributed by atoms with Gasteiger partial charge in [-0.25, -0.2) is 9.59 Å². The molecule has 1 atom stereocenters. The Morgan fingerprint density at radius 2 is 1.87 bits per heavy atom. The van der Waals surface area contributed by atoms with Gasteiger partial charge in [-0.3, -0.25) is 15.4 Å². The quantitative estimate of drug-likeness (QED) is 0.661. The maximum atomic E-state index is 11.9. The molecule has 0 fully saturated rings. The molecule has 8 heteroatoms. The molecule has 1 rings (SSSR count). The minimum atomic E-state index is -0.635. The zero-order valence-corrected chi connectivity index (χ0v) is 13.6. The summed E-state index contributed by atoms with van der Waals surface area (Å²) in [4.78, 5) is 34.5. The van der Waals surface area contributed by atoms with Crippen molar-refractivity contribution >= 4 is 29.4 Å². The van der Waals surface area contributed by atoms with Crippen LogP contribution < -0.4 is 21.3 Å². The molecule has 8 nitrogen and oxygen atoms in total. The van der Waals surface area contributed by atoms with Crippen LogP contribution in [0.15, 0.2) is 18.2 Å². The van der Waals surface area contributed by atoms with Gasteiger partial charge in [0.25, 0.3) is 0 Å². The van der Waals surface area contributed by atoms with Crippen molar-refractivity contribution in [2.45, 2.75) is 26.8 Å². The molecule has 0 aliphatic heterocycles. The number of hydrogen-bond acceptors (Lipinski definition) is 5. The van der Waals surface area contributed by atoms with Gasteiger partial charge in [0.1, 0.15) is 6.04 Å². The molecule has 4 amide bonds. The van der Waals surface area contributed by atoms with Gasteiger partial charge in [0, 0.05) is 18.4 Å². The van der Waals surface area contributed by atoms with Crippen LogP contribution in [0, 0.1) is 6.92 Å². The molecule has 0 aromatic heterocycles. The van der Waals surface area contributed by atoms with E-state index in [1.54, 1.807) is 39.0 Å². The van der Waals surface area contributed by atoms with Gasteiger partial charge in [0.15, 0.2) is 0 Å². The highest BCUT2D eigenvalue weighted by molar-refractivity contribution is 5.98. The molecule has 0 spiro atoms. The summed E-state index contributed by atoms with van der Waals surface area (Å²) in [5, 5.41) is 10.1. The second-order valence-electron chi connectivity index (χ2n) is 4.76. The van der Waals surface area contributed by atoms with E-state index in [-0.39, 0.29) is 6.61 Å². The third-order valence-corrected chi connectivity index (χ3v) is 3.08. The van der Waals surface area contributed by atoms with Crippen molar-refractivity contribution in [1.82, 2.24) is 10.6 Å². The second kappa shape index (κ2) is 8.62. The van der Waals surface area contributed by atoms with Gasteiger partial charge >= 0.3 is 12.1 Å². The number of carbonyl (C=O) groups is 3. The topological polar surface area (TPSA) is 109 Å². The van der Waals surface area contributed by atoms with Crippen LogP contribution in [0.5, 0.6) is 0 Å². The summed E-state index contributed by atoms with van der Waals surface area (Å²) in [6.07, 6.45) is -0.543. The van der Waals surface area contributed by atoms with E-state index in [2.05, 4.69) is 21.3 Å². The maximum absolute atomic E-state index is 11.9. The van der Waals surface area contributed by atoms with Crippen molar-refractivity contribution < 1.29 is 19.1 Å². The first kappa shape index (κ1) is 18.3. The van der Waals surface area contributed by atoms with Crippen LogP contribution in [0.2, 0.25) is 0 Å². The predicted molar refractivity (Wildman–Crippen MR) is 87.5 cm³/mol. The Hall–Kier alpha value is -2.77. The number of anilines is 2. The van der Waals surface area contributed by atoms with E-state index in [1.165, 1.54) is 7.05 Å². The van der Waals surface area contributed by atoms with Crippen molar-refractivity contribution in [2.24, 2.45) is 0 Å².